The molecule has 0 atom stereocenters. The molecule has 2 aromatic rings. The smallest absolute Gasteiger partial charge is 0.0944 e. The van der Waals surface area contributed by atoms with Crippen LogP contribution in [0.3, 0.4) is 0 Å². The number of benzene rings is 1. The Kier molecular flexibility index (Phi) is 3.74. The number of aliphatic carboxylic acids is 1. The number of carbonyl (C=O) groups excluding carboxylic acids is 1. The van der Waals surface area contributed by atoms with E-state index in [4.69, 9.17) is 0 Å². The number of aromatic nitrogens is 1. The fourth-order valence-electron chi connectivity index (χ4n) is 3.34. The zero-order valence-electron chi connectivity index (χ0n) is 11.4. The summed E-state index contributed by atoms with van der Waals surface area (Å²) in [5.41, 5.74) is 0.886. The maximum Gasteiger partial charge on any atom is 0.0944 e. The van der Waals surface area contributed by atoms with E-state index in [0.717, 1.165) is 42.6 Å². The number of hydrogen-bond acceptors (Lipinski definition) is 4. The minimum Gasteiger partial charge on any atom is -0.550 e. The monoisotopic (exact) mass is 288 g/mol. The van der Waals surface area contributed by atoms with Crippen molar-refractivity contribution < 1.29 is 9.90 Å². The Morgan fingerprint density at radius 1 is 1.25 bits per heavy atom. The molecule has 1 aliphatic carbocycles. The first-order valence-electron chi connectivity index (χ1n) is 7.21. The molecule has 0 spiro atoms. The largest absolute Gasteiger partial charge is 0.550 e. The van der Waals surface area contributed by atoms with E-state index in [0.29, 0.717) is 0 Å². The third-order valence-electron chi connectivity index (χ3n) is 4.30. The van der Waals surface area contributed by atoms with Crippen LogP contribution in [-0.2, 0) is 11.2 Å². The first kappa shape index (κ1) is 13.6. The molecular weight excluding hydrogens is 270 g/mol. The minimum atomic E-state index is -0.923. The van der Waals surface area contributed by atoms with Crippen molar-refractivity contribution in [1.82, 2.24) is 4.98 Å². The zero-order valence-corrected chi connectivity index (χ0v) is 12.2. The van der Waals surface area contributed by atoms with E-state index in [1.165, 1.54) is 11.1 Å². The summed E-state index contributed by atoms with van der Waals surface area (Å²) in [5.74, 6) is -0.923. The summed E-state index contributed by atoms with van der Waals surface area (Å²) in [7, 11) is 0. The second-order valence-corrected chi connectivity index (χ2v) is 6.98. The number of carboxylic acids is 1. The van der Waals surface area contributed by atoms with Crippen LogP contribution in [0.15, 0.2) is 24.3 Å². The number of rotatable bonds is 4. The number of fused-ring (bicyclic) bond motifs is 1. The standard InChI is InChI=1S/C16H19NO2S/c18-15(19)11-16(8-4-1-5-9-16)10-14-17-12-6-2-3-7-13(12)20-14/h2-3,6-7H,1,4-5,8-11H2,(H,18,19)/p-1. The van der Waals surface area contributed by atoms with Crippen LogP contribution in [0.25, 0.3) is 10.2 Å². The van der Waals surface area contributed by atoms with Crippen LogP contribution >= 0.6 is 11.3 Å². The van der Waals surface area contributed by atoms with E-state index in [1.54, 1.807) is 11.3 Å². The molecule has 0 saturated heterocycles. The molecule has 4 heteroatoms. The molecule has 0 aliphatic heterocycles. The van der Waals surface area contributed by atoms with Crippen molar-refractivity contribution in [2.75, 3.05) is 0 Å². The molecule has 0 bridgehead atoms. The van der Waals surface area contributed by atoms with Crippen molar-refractivity contribution in [2.45, 2.75) is 44.9 Å². The molecule has 3 rings (SSSR count). The van der Waals surface area contributed by atoms with Crippen molar-refractivity contribution in [1.29, 1.82) is 0 Å². The molecule has 106 valence electrons. The zero-order chi connectivity index (χ0) is 14.0. The number of para-hydroxylation sites is 1. The van der Waals surface area contributed by atoms with Gasteiger partial charge in [0.25, 0.3) is 0 Å². The first-order chi connectivity index (χ1) is 9.67. The number of carboxylic acid groups (broad SMARTS) is 1. The van der Waals surface area contributed by atoms with Gasteiger partial charge in [-0.1, -0.05) is 31.4 Å². The van der Waals surface area contributed by atoms with Gasteiger partial charge in [-0.2, -0.15) is 0 Å². The summed E-state index contributed by atoms with van der Waals surface area (Å²) in [6.07, 6.45) is 6.38. The van der Waals surface area contributed by atoms with Crippen molar-refractivity contribution in [3.63, 3.8) is 0 Å². The Hall–Kier alpha value is -1.42. The number of nitrogens with zero attached hydrogens (tertiary/aromatic N) is 1. The van der Waals surface area contributed by atoms with Gasteiger partial charge in [0.2, 0.25) is 0 Å². The molecular formula is C16H18NO2S-. The Balaban J connectivity index is 1.86. The molecule has 0 amide bonds. The molecule has 1 aromatic carbocycles. The van der Waals surface area contributed by atoms with Crippen molar-refractivity contribution >= 4 is 27.5 Å². The van der Waals surface area contributed by atoms with Gasteiger partial charge in [0, 0.05) is 12.4 Å². The van der Waals surface area contributed by atoms with Crippen LogP contribution in [-0.4, -0.2) is 11.0 Å². The second kappa shape index (κ2) is 5.52. The molecule has 3 nitrogen and oxygen atoms in total. The van der Waals surface area contributed by atoms with Crippen molar-refractivity contribution in [2.24, 2.45) is 5.41 Å². The Bertz CT molecular complexity index is 581. The van der Waals surface area contributed by atoms with Crippen LogP contribution in [0.5, 0.6) is 0 Å². The first-order valence-corrected chi connectivity index (χ1v) is 8.03. The predicted octanol–water partition coefficient (Wildman–Crippen LogP) is 2.93. The highest BCUT2D eigenvalue weighted by Crippen LogP contribution is 2.43. The van der Waals surface area contributed by atoms with Gasteiger partial charge < -0.3 is 9.90 Å². The third-order valence-corrected chi connectivity index (χ3v) is 5.33. The van der Waals surface area contributed by atoms with E-state index in [2.05, 4.69) is 11.1 Å². The minimum absolute atomic E-state index is 0.134. The van der Waals surface area contributed by atoms with E-state index < -0.39 is 5.97 Å². The molecule has 0 radical (unpaired) electrons. The van der Waals surface area contributed by atoms with Gasteiger partial charge in [-0.15, -0.1) is 11.3 Å². The second-order valence-electron chi connectivity index (χ2n) is 5.86. The van der Waals surface area contributed by atoms with E-state index in [-0.39, 0.29) is 11.8 Å². The average molecular weight is 288 g/mol. The molecule has 0 unspecified atom stereocenters. The Morgan fingerprint density at radius 2 is 2.00 bits per heavy atom. The average Bonchev–Trinajstić information content (AvgIpc) is 2.80. The fraction of sp³-hybridized carbons (Fsp3) is 0.500. The molecule has 1 heterocycles. The van der Waals surface area contributed by atoms with Gasteiger partial charge in [0.15, 0.2) is 0 Å². The van der Waals surface area contributed by atoms with Gasteiger partial charge in [-0.25, -0.2) is 4.98 Å². The highest BCUT2D eigenvalue weighted by molar-refractivity contribution is 7.18. The lowest BCUT2D eigenvalue weighted by molar-refractivity contribution is -0.308. The quantitative estimate of drug-likeness (QED) is 0.869. The fourth-order valence-corrected chi connectivity index (χ4v) is 4.48. The normalized spacial score (nSPS) is 18.2. The van der Waals surface area contributed by atoms with E-state index >= 15 is 0 Å². The lowest BCUT2D eigenvalue weighted by Gasteiger charge is -2.37. The van der Waals surface area contributed by atoms with Crippen LogP contribution in [0.2, 0.25) is 0 Å². The maximum atomic E-state index is 11.1. The van der Waals surface area contributed by atoms with Gasteiger partial charge in [0.1, 0.15) is 0 Å². The summed E-state index contributed by atoms with van der Waals surface area (Å²) in [5, 5.41) is 12.2. The maximum absolute atomic E-state index is 11.1. The molecule has 20 heavy (non-hydrogen) atoms. The van der Waals surface area contributed by atoms with E-state index in [1.807, 2.05) is 18.2 Å². The van der Waals surface area contributed by atoms with Gasteiger partial charge >= 0.3 is 0 Å². The lowest BCUT2D eigenvalue weighted by atomic mass is 9.70. The highest BCUT2D eigenvalue weighted by atomic mass is 32.1. The molecule has 0 N–H and O–H groups in total. The Morgan fingerprint density at radius 3 is 2.70 bits per heavy atom. The predicted molar refractivity (Wildman–Crippen MR) is 78.5 cm³/mol. The Labute approximate surface area is 122 Å². The van der Waals surface area contributed by atoms with Crippen LogP contribution in [0, 0.1) is 5.41 Å². The number of hydrogen-bond donors (Lipinski definition) is 0. The number of carbonyl (C=O) groups is 1. The molecule has 1 fully saturated rings. The van der Waals surface area contributed by atoms with Gasteiger partial charge in [0.05, 0.1) is 15.2 Å². The lowest BCUT2D eigenvalue weighted by Crippen LogP contribution is -2.35. The van der Waals surface area contributed by atoms with Gasteiger partial charge in [-0.3, -0.25) is 0 Å². The summed E-state index contributed by atoms with van der Waals surface area (Å²) in [6.45, 7) is 0. The topological polar surface area (TPSA) is 53.0 Å². The highest BCUT2D eigenvalue weighted by Gasteiger charge is 2.33. The SMILES string of the molecule is O=C([O-])CC1(Cc2nc3ccccc3s2)CCCCC1. The summed E-state index contributed by atoms with van der Waals surface area (Å²) >= 11 is 1.69. The summed E-state index contributed by atoms with van der Waals surface area (Å²) in [4.78, 5) is 15.8. The number of thiazole rings is 1. The van der Waals surface area contributed by atoms with Crippen molar-refractivity contribution in [3.05, 3.63) is 29.3 Å². The molecule has 1 aromatic heterocycles. The molecule has 1 saturated carbocycles. The molecule has 1 aliphatic rings. The summed E-state index contributed by atoms with van der Waals surface area (Å²) < 4.78 is 1.18. The van der Waals surface area contributed by atoms with Crippen LogP contribution < -0.4 is 5.11 Å². The van der Waals surface area contributed by atoms with Gasteiger partial charge in [-0.05, 0) is 36.8 Å². The van der Waals surface area contributed by atoms with E-state index in [9.17, 15) is 9.90 Å². The summed E-state index contributed by atoms with van der Waals surface area (Å²) in [6, 6.07) is 8.09. The van der Waals surface area contributed by atoms with Crippen molar-refractivity contribution in [3.8, 4) is 0 Å². The third kappa shape index (κ3) is 2.85. The van der Waals surface area contributed by atoms with Crippen LogP contribution in [0.1, 0.15) is 43.5 Å². The van der Waals surface area contributed by atoms with Crippen LogP contribution in [0.4, 0.5) is 0 Å².